The number of rotatable bonds is 6. The van der Waals surface area contributed by atoms with Crippen molar-refractivity contribution >= 4 is 29.3 Å². The molecule has 126 valence electrons. The van der Waals surface area contributed by atoms with E-state index in [0.29, 0.717) is 11.3 Å². The third kappa shape index (κ3) is 4.13. The molecule has 9 heteroatoms. The Morgan fingerprint density at radius 1 is 1.29 bits per heavy atom. The topological polar surface area (TPSA) is 124 Å². The average Bonchev–Trinajstić information content (AvgIpc) is 2.57. The van der Waals surface area contributed by atoms with E-state index in [1.807, 2.05) is 0 Å². The molecule has 8 nitrogen and oxygen atoms in total. The number of H-pyrrole nitrogens is 1. The van der Waals surface area contributed by atoms with Crippen molar-refractivity contribution in [2.24, 2.45) is 0 Å². The number of aromatic nitrogens is 2. The predicted molar refractivity (Wildman–Crippen MR) is 88.7 cm³/mol. The van der Waals surface area contributed by atoms with Gasteiger partial charge in [-0.15, -0.1) is 0 Å². The van der Waals surface area contributed by atoms with Crippen LogP contribution in [0.3, 0.4) is 0 Å². The van der Waals surface area contributed by atoms with E-state index in [1.165, 1.54) is 26.4 Å². The molecule has 0 aliphatic heterocycles. The van der Waals surface area contributed by atoms with E-state index in [1.54, 1.807) is 6.07 Å². The number of nitrogens with one attached hydrogen (secondary N) is 1. The second-order valence-corrected chi connectivity index (χ2v) is 5.56. The number of nitrogens with zero attached hydrogens (tertiary/aromatic N) is 1. The summed E-state index contributed by atoms with van der Waals surface area (Å²) < 4.78 is 9.75. The van der Waals surface area contributed by atoms with Crippen LogP contribution in [0.15, 0.2) is 34.2 Å². The smallest absolute Gasteiger partial charge is 0.341 e. The van der Waals surface area contributed by atoms with Gasteiger partial charge in [-0.1, -0.05) is 11.8 Å². The van der Waals surface area contributed by atoms with Gasteiger partial charge < -0.3 is 20.2 Å². The largest absolute Gasteiger partial charge is 0.496 e. The molecule has 0 bridgehead atoms. The third-order valence-electron chi connectivity index (χ3n) is 3.01. The first-order valence-corrected chi connectivity index (χ1v) is 7.72. The van der Waals surface area contributed by atoms with Crippen LogP contribution in [0.2, 0.25) is 0 Å². The first-order valence-electron chi connectivity index (χ1n) is 6.73. The van der Waals surface area contributed by atoms with E-state index < -0.39 is 11.5 Å². The number of carbonyl (C=O) groups is 2. The number of nitrogen functional groups attached to an aromatic ring is 1. The standard InChI is InChI=1S/C15H15N3O5S/c1-22-11-4-3-8(5-9(11)14(21)23-2)10(19)7-24-15-17-12(16)6-13(20)18-15/h3-6H,7H2,1-2H3,(H3,16,17,18,20). The summed E-state index contributed by atoms with van der Waals surface area (Å²) in [6.07, 6.45) is 0. The fourth-order valence-corrected chi connectivity index (χ4v) is 2.67. The number of aromatic amines is 1. The maximum absolute atomic E-state index is 12.3. The number of thioether (sulfide) groups is 1. The van der Waals surface area contributed by atoms with E-state index in [0.717, 1.165) is 17.8 Å². The van der Waals surface area contributed by atoms with Gasteiger partial charge in [0.25, 0.3) is 5.56 Å². The van der Waals surface area contributed by atoms with Gasteiger partial charge >= 0.3 is 5.97 Å². The van der Waals surface area contributed by atoms with E-state index in [9.17, 15) is 14.4 Å². The quantitative estimate of drug-likeness (QED) is 0.344. The van der Waals surface area contributed by atoms with Crippen molar-refractivity contribution in [2.45, 2.75) is 5.16 Å². The molecular weight excluding hydrogens is 334 g/mol. The molecule has 0 fully saturated rings. The summed E-state index contributed by atoms with van der Waals surface area (Å²) in [5, 5.41) is 0.245. The van der Waals surface area contributed by atoms with Crippen molar-refractivity contribution in [2.75, 3.05) is 25.7 Å². The van der Waals surface area contributed by atoms with Crippen molar-refractivity contribution in [3.05, 3.63) is 45.7 Å². The number of anilines is 1. The number of hydrogen-bond donors (Lipinski definition) is 2. The van der Waals surface area contributed by atoms with E-state index in [-0.39, 0.29) is 28.1 Å². The Labute approximate surface area is 141 Å². The molecule has 0 saturated heterocycles. The number of ketones is 1. The van der Waals surface area contributed by atoms with Gasteiger partial charge in [0.2, 0.25) is 0 Å². The molecule has 0 radical (unpaired) electrons. The first-order chi connectivity index (χ1) is 11.4. The van der Waals surface area contributed by atoms with Crippen LogP contribution in [0.4, 0.5) is 5.82 Å². The third-order valence-corrected chi connectivity index (χ3v) is 3.88. The Morgan fingerprint density at radius 2 is 2.04 bits per heavy atom. The molecule has 0 aliphatic rings. The summed E-state index contributed by atoms with van der Waals surface area (Å²) in [5.41, 5.74) is 5.56. The minimum atomic E-state index is -0.601. The van der Waals surface area contributed by atoms with Gasteiger partial charge in [0.15, 0.2) is 10.9 Å². The lowest BCUT2D eigenvalue weighted by Gasteiger charge is -2.08. The fraction of sp³-hybridized carbons (Fsp3) is 0.200. The highest BCUT2D eigenvalue weighted by Gasteiger charge is 2.16. The Bertz CT molecular complexity index is 834. The number of Topliss-reactive ketones (excluding diaryl/α,β-unsaturated/α-hetero) is 1. The Balaban J connectivity index is 2.17. The van der Waals surface area contributed by atoms with Crippen molar-refractivity contribution < 1.29 is 19.1 Å². The van der Waals surface area contributed by atoms with Gasteiger partial charge in [-0.2, -0.15) is 0 Å². The van der Waals surface area contributed by atoms with Crippen molar-refractivity contribution in [3.63, 3.8) is 0 Å². The lowest BCUT2D eigenvalue weighted by atomic mass is 10.1. The highest BCUT2D eigenvalue weighted by atomic mass is 32.2. The fourth-order valence-electron chi connectivity index (χ4n) is 1.89. The molecule has 2 rings (SSSR count). The molecule has 0 saturated carbocycles. The average molecular weight is 349 g/mol. The summed E-state index contributed by atoms with van der Waals surface area (Å²) >= 11 is 1.04. The summed E-state index contributed by atoms with van der Waals surface area (Å²) in [7, 11) is 2.66. The molecule has 1 heterocycles. The van der Waals surface area contributed by atoms with Crippen LogP contribution >= 0.6 is 11.8 Å². The van der Waals surface area contributed by atoms with Gasteiger partial charge in [0.05, 0.1) is 20.0 Å². The van der Waals surface area contributed by atoms with Crippen molar-refractivity contribution in [3.8, 4) is 5.75 Å². The van der Waals surface area contributed by atoms with Crippen LogP contribution in [0.25, 0.3) is 0 Å². The molecular formula is C15H15N3O5S. The molecule has 2 aromatic rings. The van der Waals surface area contributed by atoms with Crippen LogP contribution in [-0.2, 0) is 4.74 Å². The molecule has 0 aliphatic carbocycles. The number of ether oxygens (including phenoxy) is 2. The molecule has 1 aromatic carbocycles. The van der Waals surface area contributed by atoms with Crippen LogP contribution in [0.5, 0.6) is 5.75 Å². The summed E-state index contributed by atoms with van der Waals surface area (Å²) in [6.45, 7) is 0. The van der Waals surface area contributed by atoms with Crippen LogP contribution < -0.4 is 16.0 Å². The van der Waals surface area contributed by atoms with Crippen molar-refractivity contribution in [1.82, 2.24) is 9.97 Å². The zero-order valence-electron chi connectivity index (χ0n) is 13.0. The van der Waals surface area contributed by atoms with Gasteiger partial charge in [-0.3, -0.25) is 9.59 Å². The molecule has 0 spiro atoms. The van der Waals surface area contributed by atoms with E-state index in [2.05, 4.69) is 14.7 Å². The van der Waals surface area contributed by atoms with Crippen LogP contribution in [0, 0.1) is 0 Å². The Hall–Kier alpha value is -2.81. The number of nitrogens with two attached hydrogens (primary N) is 1. The Morgan fingerprint density at radius 3 is 2.67 bits per heavy atom. The second-order valence-electron chi connectivity index (χ2n) is 4.59. The number of carbonyl (C=O) groups excluding carboxylic acids is 2. The lowest BCUT2D eigenvalue weighted by molar-refractivity contribution is 0.0597. The molecule has 3 N–H and O–H groups in total. The normalized spacial score (nSPS) is 10.2. The monoisotopic (exact) mass is 349 g/mol. The lowest BCUT2D eigenvalue weighted by Crippen LogP contribution is -2.11. The zero-order valence-corrected chi connectivity index (χ0v) is 13.8. The number of methoxy groups -OCH3 is 2. The maximum atomic E-state index is 12.3. The predicted octanol–water partition coefficient (Wildman–Crippen LogP) is 1.12. The van der Waals surface area contributed by atoms with Crippen molar-refractivity contribution in [1.29, 1.82) is 0 Å². The summed E-state index contributed by atoms with van der Waals surface area (Å²) in [5.74, 6) is -0.452. The van der Waals surface area contributed by atoms with Gasteiger partial charge in [0.1, 0.15) is 17.1 Å². The van der Waals surface area contributed by atoms with Crippen LogP contribution in [0.1, 0.15) is 20.7 Å². The first kappa shape index (κ1) is 17.5. The highest BCUT2D eigenvalue weighted by Crippen LogP contribution is 2.22. The highest BCUT2D eigenvalue weighted by molar-refractivity contribution is 7.99. The van der Waals surface area contributed by atoms with Gasteiger partial charge in [-0.25, -0.2) is 9.78 Å². The molecule has 0 atom stereocenters. The zero-order chi connectivity index (χ0) is 17.7. The summed E-state index contributed by atoms with van der Waals surface area (Å²) in [6, 6.07) is 5.62. The second kappa shape index (κ2) is 7.64. The van der Waals surface area contributed by atoms with Crippen LogP contribution in [-0.4, -0.2) is 41.7 Å². The molecule has 24 heavy (non-hydrogen) atoms. The minimum Gasteiger partial charge on any atom is -0.496 e. The minimum absolute atomic E-state index is 0.0132. The number of benzene rings is 1. The molecule has 0 unspecified atom stereocenters. The van der Waals surface area contributed by atoms with Gasteiger partial charge in [0, 0.05) is 11.6 Å². The SMILES string of the molecule is COC(=O)c1cc(C(=O)CSc2nc(N)cc(=O)[nH]2)ccc1OC. The summed E-state index contributed by atoms with van der Waals surface area (Å²) in [4.78, 5) is 41.7. The van der Waals surface area contributed by atoms with Gasteiger partial charge in [-0.05, 0) is 18.2 Å². The van der Waals surface area contributed by atoms with E-state index in [4.69, 9.17) is 10.5 Å². The Kier molecular flexibility index (Phi) is 5.59. The molecule has 0 amide bonds. The maximum Gasteiger partial charge on any atom is 0.341 e. The molecule has 1 aromatic heterocycles. The number of esters is 1. The van der Waals surface area contributed by atoms with E-state index >= 15 is 0 Å². The number of hydrogen-bond acceptors (Lipinski definition) is 8.